The molecule has 0 spiro atoms. The Morgan fingerprint density at radius 1 is 1.32 bits per heavy atom. The van der Waals surface area contributed by atoms with Gasteiger partial charge < -0.3 is 19.9 Å². The predicted octanol–water partition coefficient (Wildman–Crippen LogP) is 2.79. The molecule has 0 bridgehead atoms. The van der Waals surface area contributed by atoms with Gasteiger partial charge >= 0.3 is 12.3 Å². The van der Waals surface area contributed by atoms with Crippen LogP contribution in [0.3, 0.4) is 0 Å². The summed E-state index contributed by atoms with van der Waals surface area (Å²) in [6.07, 6.45) is -3.63. The van der Waals surface area contributed by atoms with Crippen LogP contribution in [0.4, 0.5) is 13.2 Å². The van der Waals surface area contributed by atoms with E-state index in [1.165, 1.54) is 12.1 Å². The molecule has 2 N–H and O–H groups in total. The fourth-order valence-electron chi connectivity index (χ4n) is 2.59. The summed E-state index contributed by atoms with van der Waals surface area (Å²) in [6, 6.07) is 3.88. The average molecular weight is 361 g/mol. The molecule has 1 aliphatic heterocycles. The molecule has 25 heavy (non-hydrogen) atoms. The van der Waals surface area contributed by atoms with Crippen LogP contribution in [0.1, 0.15) is 37.3 Å². The lowest BCUT2D eigenvalue weighted by Gasteiger charge is -2.19. The molecule has 9 heteroatoms. The summed E-state index contributed by atoms with van der Waals surface area (Å²) in [5.74, 6) is -1.93. The van der Waals surface area contributed by atoms with Gasteiger partial charge in [-0.15, -0.1) is 13.2 Å². The Morgan fingerprint density at radius 2 is 2.00 bits per heavy atom. The number of hydrogen-bond donors (Lipinski definition) is 2. The van der Waals surface area contributed by atoms with E-state index in [9.17, 15) is 22.8 Å². The van der Waals surface area contributed by atoms with Gasteiger partial charge in [-0.1, -0.05) is 12.1 Å². The first-order valence-corrected chi connectivity index (χ1v) is 7.71. The van der Waals surface area contributed by atoms with Gasteiger partial charge in [0, 0.05) is 6.61 Å². The fourth-order valence-corrected chi connectivity index (χ4v) is 2.59. The van der Waals surface area contributed by atoms with Gasteiger partial charge in [-0.2, -0.15) is 0 Å². The number of amides is 1. The van der Waals surface area contributed by atoms with Crippen LogP contribution < -0.4 is 10.1 Å². The number of carbonyl (C=O) groups is 2. The molecule has 0 radical (unpaired) electrons. The van der Waals surface area contributed by atoms with Gasteiger partial charge in [-0.05, 0) is 30.5 Å². The summed E-state index contributed by atoms with van der Waals surface area (Å²) in [7, 11) is 0. The van der Waals surface area contributed by atoms with Gasteiger partial charge in [-0.25, -0.2) is 0 Å². The fraction of sp³-hybridized carbons (Fsp3) is 0.500. The molecule has 1 heterocycles. The standard InChI is InChI=1S/C16H18F3NO5/c17-16(18,19)25-11-5-3-10(4-6-11)13(9-15(22)23)20-14(21)8-12-2-1-7-24-12/h3-6,12-13H,1-2,7-9H2,(H,20,21)(H,22,23)/t12-,13-/m0/s1. The zero-order chi connectivity index (χ0) is 18.4. The van der Waals surface area contributed by atoms with Crippen LogP contribution in [-0.2, 0) is 14.3 Å². The molecular formula is C16H18F3NO5. The van der Waals surface area contributed by atoms with E-state index < -0.39 is 30.5 Å². The number of carboxylic acids is 1. The Balaban J connectivity index is 2.02. The molecule has 0 saturated carbocycles. The third-order valence-corrected chi connectivity index (χ3v) is 3.67. The van der Waals surface area contributed by atoms with Crippen LogP contribution in [-0.4, -0.2) is 36.1 Å². The van der Waals surface area contributed by atoms with Crippen LogP contribution in [0.15, 0.2) is 24.3 Å². The highest BCUT2D eigenvalue weighted by molar-refractivity contribution is 5.78. The summed E-state index contributed by atoms with van der Waals surface area (Å²) in [5.41, 5.74) is 0.373. The van der Waals surface area contributed by atoms with E-state index in [1.54, 1.807) is 0 Å². The molecule has 2 atom stereocenters. The number of carbonyl (C=O) groups excluding carboxylic acids is 1. The molecule has 1 aliphatic rings. The molecular weight excluding hydrogens is 343 g/mol. The van der Waals surface area contributed by atoms with E-state index in [0.29, 0.717) is 12.2 Å². The molecule has 1 saturated heterocycles. The minimum absolute atomic E-state index is 0.116. The lowest BCUT2D eigenvalue weighted by Crippen LogP contribution is -2.32. The van der Waals surface area contributed by atoms with Crippen molar-refractivity contribution >= 4 is 11.9 Å². The highest BCUT2D eigenvalue weighted by Crippen LogP contribution is 2.26. The zero-order valence-corrected chi connectivity index (χ0v) is 13.2. The third-order valence-electron chi connectivity index (χ3n) is 3.67. The number of nitrogens with one attached hydrogen (secondary N) is 1. The highest BCUT2D eigenvalue weighted by atomic mass is 19.4. The van der Waals surface area contributed by atoms with Crippen molar-refractivity contribution in [3.8, 4) is 5.75 Å². The summed E-state index contributed by atoms with van der Waals surface area (Å²) < 4.78 is 45.6. The lowest BCUT2D eigenvalue weighted by molar-refractivity contribution is -0.274. The predicted molar refractivity (Wildman–Crippen MR) is 79.9 cm³/mol. The van der Waals surface area contributed by atoms with Crippen molar-refractivity contribution in [3.63, 3.8) is 0 Å². The second-order valence-corrected chi connectivity index (χ2v) is 5.67. The van der Waals surface area contributed by atoms with Crippen molar-refractivity contribution in [1.29, 1.82) is 0 Å². The highest BCUT2D eigenvalue weighted by Gasteiger charge is 2.31. The first-order valence-electron chi connectivity index (χ1n) is 7.71. The SMILES string of the molecule is O=C(O)C[C@H](NC(=O)C[C@@H]1CCCO1)c1ccc(OC(F)(F)F)cc1. The molecule has 2 rings (SSSR count). The van der Waals surface area contributed by atoms with Crippen LogP contribution in [0, 0.1) is 0 Å². The summed E-state index contributed by atoms with van der Waals surface area (Å²) >= 11 is 0. The quantitative estimate of drug-likeness (QED) is 0.780. The maximum Gasteiger partial charge on any atom is 0.573 e. The van der Waals surface area contributed by atoms with Crippen molar-refractivity contribution in [2.75, 3.05) is 6.61 Å². The second kappa shape index (κ2) is 8.19. The molecule has 1 aromatic carbocycles. The van der Waals surface area contributed by atoms with E-state index in [4.69, 9.17) is 9.84 Å². The number of aliphatic carboxylic acids is 1. The average Bonchev–Trinajstić information content (AvgIpc) is 2.98. The van der Waals surface area contributed by atoms with Gasteiger partial charge in [0.1, 0.15) is 5.75 Å². The van der Waals surface area contributed by atoms with Crippen molar-refractivity contribution in [2.24, 2.45) is 0 Å². The number of rotatable bonds is 7. The van der Waals surface area contributed by atoms with Crippen molar-refractivity contribution in [3.05, 3.63) is 29.8 Å². The second-order valence-electron chi connectivity index (χ2n) is 5.67. The molecule has 1 aromatic rings. The van der Waals surface area contributed by atoms with Crippen molar-refractivity contribution in [1.82, 2.24) is 5.32 Å². The van der Waals surface area contributed by atoms with E-state index in [0.717, 1.165) is 25.0 Å². The Hall–Kier alpha value is -2.29. The first kappa shape index (κ1) is 19.0. The number of alkyl halides is 3. The van der Waals surface area contributed by atoms with Gasteiger partial charge in [0.2, 0.25) is 5.91 Å². The third kappa shape index (κ3) is 6.61. The Morgan fingerprint density at radius 3 is 2.52 bits per heavy atom. The van der Waals surface area contributed by atoms with Crippen LogP contribution >= 0.6 is 0 Å². The molecule has 0 aromatic heterocycles. The van der Waals surface area contributed by atoms with Crippen molar-refractivity contribution < 1.29 is 37.3 Å². The lowest BCUT2D eigenvalue weighted by atomic mass is 10.0. The summed E-state index contributed by atoms with van der Waals surface area (Å²) in [4.78, 5) is 23.1. The number of ether oxygens (including phenoxy) is 2. The number of halogens is 3. The molecule has 0 aliphatic carbocycles. The normalized spacial score (nSPS) is 18.6. The zero-order valence-electron chi connectivity index (χ0n) is 13.2. The molecule has 1 amide bonds. The van der Waals surface area contributed by atoms with Crippen molar-refractivity contribution in [2.45, 2.75) is 44.2 Å². The first-order chi connectivity index (χ1) is 11.7. The minimum Gasteiger partial charge on any atom is -0.481 e. The van der Waals surface area contributed by atoms with Gasteiger partial charge in [0.05, 0.1) is 25.0 Å². The van der Waals surface area contributed by atoms with E-state index in [2.05, 4.69) is 10.1 Å². The van der Waals surface area contributed by atoms with Crippen LogP contribution in [0.2, 0.25) is 0 Å². The van der Waals surface area contributed by atoms with E-state index >= 15 is 0 Å². The Kier molecular flexibility index (Phi) is 6.24. The molecule has 6 nitrogen and oxygen atoms in total. The van der Waals surface area contributed by atoms with Crippen LogP contribution in [0.5, 0.6) is 5.75 Å². The van der Waals surface area contributed by atoms with Gasteiger partial charge in [0.15, 0.2) is 0 Å². The Labute approximate surface area is 141 Å². The smallest absolute Gasteiger partial charge is 0.481 e. The van der Waals surface area contributed by atoms with Gasteiger partial charge in [0.25, 0.3) is 0 Å². The summed E-state index contributed by atoms with van der Waals surface area (Å²) in [5, 5.41) is 11.6. The number of benzene rings is 1. The summed E-state index contributed by atoms with van der Waals surface area (Å²) in [6.45, 7) is 0.594. The maximum atomic E-state index is 12.2. The Bertz CT molecular complexity index is 597. The molecule has 1 fully saturated rings. The molecule has 138 valence electrons. The van der Waals surface area contributed by atoms with E-state index in [1.807, 2.05) is 0 Å². The monoisotopic (exact) mass is 361 g/mol. The topological polar surface area (TPSA) is 84.9 Å². The van der Waals surface area contributed by atoms with Crippen LogP contribution in [0.25, 0.3) is 0 Å². The minimum atomic E-state index is -4.81. The molecule has 0 unspecified atom stereocenters. The number of hydrogen-bond acceptors (Lipinski definition) is 4. The maximum absolute atomic E-state index is 12.2. The van der Waals surface area contributed by atoms with Gasteiger partial charge in [-0.3, -0.25) is 9.59 Å². The van der Waals surface area contributed by atoms with E-state index in [-0.39, 0.29) is 18.4 Å². The number of carboxylic acid groups (broad SMARTS) is 1. The largest absolute Gasteiger partial charge is 0.573 e.